The fraction of sp³-hybridized carbons (Fsp3) is 0.951. The highest BCUT2D eigenvalue weighted by Crippen LogP contribution is 2.45. The van der Waals surface area contributed by atoms with E-state index in [2.05, 4.69) is 41.5 Å². The van der Waals surface area contributed by atoms with Crippen LogP contribution in [0.5, 0.6) is 0 Å². The van der Waals surface area contributed by atoms with Gasteiger partial charge in [0, 0.05) is 25.7 Å². The van der Waals surface area contributed by atoms with Gasteiger partial charge in [-0.1, -0.05) is 375 Å². The van der Waals surface area contributed by atoms with Crippen molar-refractivity contribution in [2.75, 3.05) is 39.6 Å². The van der Waals surface area contributed by atoms with Crippen LogP contribution in [-0.4, -0.2) is 96.7 Å². The molecule has 2 unspecified atom stereocenters. The zero-order valence-electron chi connectivity index (χ0n) is 65.5. The molecule has 0 spiro atoms. The Hall–Kier alpha value is -1.94. The SMILES string of the molecule is CCCCCCCCCCCCCCC(=O)O[C@H](COC(=O)CCCCCCCCCCCC)COP(=O)(O)OC[C@H](O)COP(=O)(O)OC[C@@H](COC(=O)CCCCCCCCCCCCCCCCCCC(C)C)OC(=O)CCCCCCCCCCCCCCCCCCC(C)C. The lowest BCUT2D eigenvalue weighted by molar-refractivity contribution is -0.161. The Labute approximate surface area is 613 Å². The van der Waals surface area contributed by atoms with E-state index in [0.717, 1.165) is 102 Å². The summed E-state index contributed by atoms with van der Waals surface area (Å²) in [6.07, 6.45) is 62.4. The molecule has 0 aliphatic carbocycles. The number of phosphoric acid groups is 2. The van der Waals surface area contributed by atoms with Crippen LogP contribution in [0.2, 0.25) is 0 Å². The molecule has 5 atom stereocenters. The zero-order chi connectivity index (χ0) is 73.5. The van der Waals surface area contributed by atoms with Crippen LogP contribution in [0, 0.1) is 11.8 Å². The van der Waals surface area contributed by atoms with Gasteiger partial charge in [0.05, 0.1) is 26.4 Å². The summed E-state index contributed by atoms with van der Waals surface area (Å²) in [5.74, 6) is -0.486. The quantitative estimate of drug-likeness (QED) is 0.0222. The smallest absolute Gasteiger partial charge is 0.462 e. The summed E-state index contributed by atoms with van der Waals surface area (Å²) in [5.41, 5.74) is 0. The summed E-state index contributed by atoms with van der Waals surface area (Å²) in [4.78, 5) is 73.0. The van der Waals surface area contributed by atoms with Gasteiger partial charge in [0.25, 0.3) is 0 Å². The first-order valence-electron chi connectivity index (χ1n) is 42.0. The van der Waals surface area contributed by atoms with E-state index in [0.29, 0.717) is 25.7 Å². The number of aliphatic hydroxyl groups excluding tert-OH is 1. The van der Waals surface area contributed by atoms with E-state index < -0.39 is 97.5 Å². The fourth-order valence-electron chi connectivity index (χ4n) is 12.5. The maximum Gasteiger partial charge on any atom is 0.472 e. The van der Waals surface area contributed by atoms with E-state index in [-0.39, 0.29) is 25.7 Å². The number of aliphatic hydroxyl groups is 1. The van der Waals surface area contributed by atoms with Crippen molar-refractivity contribution in [3.8, 4) is 0 Å². The molecule has 0 radical (unpaired) electrons. The van der Waals surface area contributed by atoms with Gasteiger partial charge in [0.2, 0.25) is 0 Å². The Kier molecular flexibility index (Phi) is 71.2. The van der Waals surface area contributed by atoms with Crippen LogP contribution in [0.1, 0.15) is 427 Å². The van der Waals surface area contributed by atoms with Gasteiger partial charge < -0.3 is 33.8 Å². The Bertz CT molecular complexity index is 1920. The molecule has 0 amide bonds. The molecule has 0 saturated carbocycles. The van der Waals surface area contributed by atoms with E-state index in [9.17, 15) is 43.2 Å². The van der Waals surface area contributed by atoms with E-state index >= 15 is 0 Å². The molecule has 100 heavy (non-hydrogen) atoms. The van der Waals surface area contributed by atoms with Crippen LogP contribution in [-0.2, 0) is 65.4 Å². The highest BCUT2D eigenvalue weighted by atomic mass is 31.2. The molecule has 0 saturated heterocycles. The summed E-state index contributed by atoms with van der Waals surface area (Å²) in [6.45, 7) is 9.69. The lowest BCUT2D eigenvalue weighted by atomic mass is 10.0. The van der Waals surface area contributed by atoms with E-state index in [4.69, 9.17) is 37.0 Å². The van der Waals surface area contributed by atoms with E-state index in [1.54, 1.807) is 0 Å². The van der Waals surface area contributed by atoms with Gasteiger partial charge in [-0.3, -0.25) is 37.3 Å². The van der Waals surface area contributed by atoms with Gasteiger partial charge in [-0.25, -0.2) is 9.13 Å². The Balaban J connectivity index is 5.22. The summed E-state index contributed by atoms with van der Waals surface area (Å²) < 4.78 is 68.7. The number of phosphoric ester groups is 2. The summed E-state index contributed by atoms with van der Waals surface area (Å²) >= 11 is 0. The zero-order valence-corrected chi connectivity index (χ0v) is 67.3. The number of esters is 4. The number of carbonyl (C=O) groups is 4. The predicted octanol–water partition coefficient (Wildman–Crippen LogP) is 24.3. The molecule has 0 fully saturated rings. The van der Waals surface area contributed by atoms with Crippen molar-refractivity contribution in [2.45, 2.75) is 445 Å². The largest absolute Gasteiger partial charge is 0.472 e. The second kappa shape index (κ2) is 72.6. The number of ether oxygens (including phenoxy) is 4. The molecule has 17 nitrogen and oxygen atoms in total. The minimum absolute atomic E-state index is 0.108. The second-order valence-corrected chi connectivity index (χ2v) is 33.0. The topological polar surface area (TPSA) is 237 Å². The molecule has 3 N–H and O–H groups in total. The van der Waals surface area contributed by atoms with Gasteiger partial charge in [0.1, 0.15) is 19.3 Å². The molecule has 594 valence electrons. The number of hydrogen-bond acceptors (Lipinski definition) is 15. The molecule has 0 heterocycles. The van der Waals surface area contributed by atoms with Crippen molar-refractivity contribution in [3.05, 3.63) is 0 Å². The third-order valence-corrected chi connectivity index (χ3v) is 20.9. The van der Waals surface area contributed by atoms with Crippen LogP contribution in [0.15, 0.2) is 0 Å². The molecule has 0 rings (SSSR count). The van der Waals surface area contributed by atoms with Crippen molar-refractivity contribution < 1.29 is 80.2 Å². The highest BCUT2D eigenvalue weighted by molar-refractivity contribution is 7.47. The average Bonchev–Trinajstić information content (AvgIpc) is 0.939. The molecule has 0 aromatic heterocycles. The Morgan fingerprint density at radius 3 is 0.680 bits per heavy atom. The molecular weight excluding hydrogens is 1310 g/mol. The van der Waals surface area contributed by atoms with Gasteiger partial charge in [0.15, 0.2) is 12.2 Å². The third-order valence-electron chi connectivity index (χ3n) is 19.0. The maximum absolute atomic E-state index is 13.1. The van der Waals surface area contributed by atoms with Gasteiger partial charge in [-0.15, -0.1) is 0 Å². The summed E-state index contributed by atoms with van der Waals surface area (Å²) in [6, 6.07) is 0. The number of unbranched alkanes of at least 4 members (excludes halogenated alkanes) is 50. The standard InChI is InChI=1S/C81H158O17P2/c1-7-9-11-13-15-17-19-34-41-47-53-59-65-80(85)97-76(69-91-78(83)63-57-51-45-39-18-16-14-12-10-8-2)71-95-99(87,88)93-67-75(82)68-94-100(89,90)96-72-77(98-81(86)66-60-54-48-42-36-31-27-23-21-25-29-33-38-44-50-56-62-74(5)6)70-92-79(84)64-58-52-46-40-35-30-26-22-20-24-28-32-37-43-49-55-61-73(3)4/h73-77,82H,7-72H2,1-6H3,(H,87,88)(H,89,90)/t75-,76+,77+/m0/s1. The Morgan fingerprint density at radius 2 is 0.460 bits per heavy atom. The normalized spacial score (nSPS) is 13.9. The lowest BCUT2D eigenvalue weighted by Crippen LogP contribution is -2.30. The number of carbonyl (C=O) groups excluding carboxylic acids is 4. The molecular formula is C81H158O17P2. The Morgan fingerprint density at radius 1 is 0.270 bits per heavy atom. The van der Waals surface area contributed by atoms with Crippen LogP contribution < -0.4 is 0 Å². The second-order valence-electron chi connectivity index (χ2n) is 30.1. The van der Waals surface area contributed by atoms with Crippen molar-refractivity contribution in [3.63, 3.8) is 0 Å². The summed E-state index contributed by atoms with van der Waals surface area (Å²) in [7, 11) is -9.92. The first kappa shape index (κ1) is 98.1. The van der Waals surface area contributed by atoms with Crippen molar-refractivity contribution in [1.82, 2.24) is 0 Å². The summed E-state index contributed by atoms with van der Waals surface area (Å²) in [5, 5.41) is 10.6. The van der Waals surface area contributed by atoms with Crippen LogP contribution in [0.25, 0.3) is 0 Å². The van der Waals surface area contributed by atoms with Gasteiger partial charge in [-0.05, 0) is 37.5 Å². The van der Waals surface area contributed by atoms with E-state index in [1.807, 2.05) is 0 Å². The average molecular weight is 1470 g/mol. The van der Waals surface area contributed by atoms with Crippen LogP contribution in [0.3, 0.4) is 0 Å². The van der Waals surface area contributed by atoms with Crippen molar-refractivity contribution >= 4 is 39.5 Å². The first-order valence-corrected chi connectivity index (χ1v) is 45.0. The maximum atomic E-state index is 13.1. The number of rotatable bonds is 80. The molecule has 19 heteroatoms. The molecule has 0 aliphatic heterocycles. The minimum Gasteiger partial charge on any atom is -0.462 e. The van der Waals surface area contributed by atoms with Crippen LogP contribution >= 0.6 is 15.6 Å². The third kappa shape index (κ3) is 74.3. The highest BCUT2D eigenvalue weighted by Gasteiger charge is 2.30. The monoisotopic (exact) mass is 1470 g/mol. The molecule has 0 aromatic rings. The first-order chi connectivity index (χ1) is 48.4. The predicted molar refractivity (Wildman–Crippen MR) is 409 cm³/mol. The number of hydrogen-bond donors (Lipinski definition) is 3. The van der Waals surface area contributed by atoms with Crippen molar-refractivity contribution in [1.29, 1.82) is 0 Å². The minimum atomic E-state index is -4.96. The molecule has 0 aliphatic rings. The molecule has 0 bridgehead atoms. The van der Waals surface area contributed by atoms with Crippen molar-refractivity contribution in [2.24, 2.45) is 11.8 Å². The van der Waals surface area contributed by atoms with E-state index in [1.165, 1.54) is 244 Å². The van der Waals surface area contributed by atoms with Crippen LogP contribution in [0.4, 0.5) is 0 Å². The van der Waals surface area contributed by atoms with Gasteiger partial charge >= 0.3 is 39.5 Å². The lowest BCUT2D eigenvalue weighted by Gasteiger charge is -2.21. The van der Waals surface area contributed by atoms with Gasteiger partial charge in [-0.2, -0.15) is 0 Å². The fourth-order valence-corrected chi connectivity index (χ4v) is 14.1. The molecule has 0 aromatic carbocycles.